The van der Waals surface area contributed by atoms with E-state index in [0.29, 0.717) is 65.6 Å². The molecule has 4 aliphatic carbocycles. The highest BCUT2D eigenvalue weighted by Gasteiger charge is 2.63. The van der Waals surface area contributed by atoms with Crippen LogP contribution in [0.1, 0.15) is 109 Å². The van der Waals surface area contributed by atoms with E-state index in [-0.39, 0.29) is 29.0 Å². The van der Waals surface area contributed by atoms with E-state index in [9.17, 15) is 14.7 Å². The number of carbonyl (C=O) groups is 2. The van der Waals surface area contributed by atoms with Gasteiger partial charge in [0.2, 0.25) is 0 Å². The lowest BCUT2D eigenvalue weighted by molar-refractivity contribution is -0.170. The standard InChI is InChI=1S/C34H50O4/c1-21(2)29(36)14-11-22(3)26-12-13-27-31-28(16-18-34(26,27)5)33(4)17-15-25(35)19-24(33)20-30(31)38-32(37)23-9-7-6-8-10-23/h6-10,21-22,24,26-31,36H,11-20H2,1-5H3/t22?,24-,26-,27?,28?,29-,30-,31?,33?,34?/m1/s1. The van der Waals surface area contributed by atoms with Crippen molar-refractivity contribution in [3.63, 3.8) is 0 Å². The third kappa shape index (κ3) is 4.88. The molecule has 0 heterocycles. The first-order valence-corrected chi connectivity index (χ1v) is 15.5. The zero-order valence-corrected chi connectivity index (χ0v) is 24.3. The Labute approximate surface area is 230 Å². The van der Waals surface area contributed by atoms with E-state index >= 15 is 0 Å². The fraction of sp³-hybridized carbons (Fsp3) is 0.765. The molecule has 0 radical (unpaired) electrons. The number of ketones is 1. The molecule has 4 aliphatic rings. The Hall–Kier alpha value is -1.68. The van der Waals surface area contributed by atoms with Gasteiger partial charge in [-0.2, -0.15) is 0 Å². The maximum atomic E-state index is 13.3. The van der Waals surface area contributed by atoms with Crippen LogP contribution in [0.3, 0.4) is 0 Å². The Balaban J connectivity index is 1.41. The van der Waals surface area contributed by atoms with Crippen LogP contribution in [0.15, 0.2) is 30.3 Å². The first-order chi connectivity index (χ1) is 18.0. The molecule has 0 spiro atoms. The van der Waals surface area contributed by atoms with Crippen molar-refractivity contribution in [2.75, 3.05) is 0 Å². The summed E-state index contributed by atoms with van der Waals surface area (Å²) in [6.45, 7) is 11.6. The van der Waals surface area contributed by atoms with E-state index in [4.69, 9.17) is 4.74 Å². The van der Waals surface area contributed by atoms with Gasteiger partial charge in [0.1, 0.15) is 11.9 Å². The smallest absolute Gasteiger partial charge is 0.338 e. The molecular formula is C34H50O4. The third-order valence-electron chi connectivity index (χ3n) is 12.2. The van der Waals surface area contributed by atoms with Crippen LogP contribution in [0, 0.1) is 52.3 Å². The molecule has 1 aromatic carbocycles. The number of fused-ring (bicyclic) bond motifs is 5. The highest BCUT2D eigenvalue weighted by atomic mass is 16.5. The molecule has 0 aliphatic heterocycles. The first kappa shape index (κ1) is 27.9. The monoisotopic (exact) mass is 522 g/mol. The average Bonchev–Trinajstić information content (AvgIpc) is 3.25. The van der Waals surface area contributed by atoms with E-state index < -0.39 is 0 Å². The van der Waals surface area contributed by atoms with Gasteiger partial charge in [0, 0.05) is 18.8 Å². The average molecular weight is 523 g/mol. The van der Waals surface area contributed by atoms with Gasteiger partial charge in [0.05, 0.1) is 11.7 Å². The molecule has 38 heavy (non-hydrogen) atoms. The van der Waals surface area contributed by atoms with Crippen LogP contribution in [0.4, 0.5) is 0 Å². The lowest BCUT2D eigenvalue weighted by Crippen LogP contribution is -2.59. The quantitative estimate of drug-likeness (QED) is 0.377. The normalized spacial score (nSPS) is 40.1. The minimum absolute atomic E-state index is 0.113. The number of hydrogen-bond acceptors (Lipinski definition) is 4. The van der Waals surface area contributed by atoms with Gasteiger partial charge in [-0.25, -0.2) is 4.79 Å². The SMILES string of the molecule is CC(C)[C@H](O)CCC(C)[C@H]1CCC2C3C(CCC21C)C1(C)CCC(=O)C[C@@H]1C[C@H]3OC(=O)c1ccccc1. The molecule has 0 bridgehead atoms. The van der Waals surface area contributed by atoms with Gasteiger partial charge in [0.15, 0.2) is 0 Å². The van der Waals surface area contributed by atoms with Crippen LogP contribution < -0.4 is 0 Å². The summed E-state index contributed by atoms with van der Waals surface area (Å²) in [6, 6.07) is 9.42. The van der Waals surface area contributed by atoms with Crippen molar-refractivity contribution in [3.8, 4) is 0 Å². The summed E-state index contributed by atoms with van der Waals surface area (Å²) in [7, 11) is 0. The van der Waals surface area contributed by atoms with Gasteiger partial charge in [0.25, 0.3) is 0 Å². The third-order valence-corrected chi connectivity index (χ3v) is 12.2. The second-order valence-corrected chi connectivity index (χ2v) is 14.4. The van der Waals surface area contributed by atoms with Gasteiger partial charge in [-0.15, -0.1) is 0 Å². The summed E-state index contributed by atoms with van der Waals surface area (Å²) in [6.07, 6.45) is 9.67. The van der Waals surface area contributed by atoms with E-state index in [1.165, 1.54) is 25.7 Å². The molecule has 0 saturated heterocycles. The summed E-state index contributed by atoms with van der Waals surface area (Å²) < 4.78 is 6.45. The summed E-state index contributed by atoms with van der Waals surface area (Å²) in [5.41, 5.74) is 1.03. The van der Waals surface area contributed by atoms with E-state index in [1.807, 2.05) is 30.3 Å². The van der Waals surface area contributed by atoms with Crippen LogP contribution in [-0.2, 0) is 9.53 Å². The molecule has 1 N–H and O–H groups in total. The van der Waals surface area contributed by atoms with Crippen LogP contribution in [0.2, 0.25) is 0 Å². The second-order valence-electron chi connectivity index (χ2n) is 14.4. The molecule has 4 heteroatoms. The second kappa shape index (κ2) is 10.7. The number of esters is 1. The Kier molecular flexibility index (Phi) is 7.86. The van der Waals surface area contributed by atoms with Crippen molar-refractivity contribution in [3.05, 3.63) is 35.9 Å². The summed E-state index contributed by atoms with van der Waals surface area (Å²) in [5, 5.41) is 10.5. The molecule has 1 aromatic rings. The minimum Gasteiger partial charge on any atom is -0.458 e. The molecule has 0 amide bonds. The van der Waals surface area contributed by atoms with Gasteiger partial charge >= 0.3 is 5.97 Å². The molecule has 4 saturated carbocycles. The Morgan fingerprint density at radius 1 is 1.00 bits per heavy atom. The van der Waals surface area contributed by atoms with Gasteiger partial charge in [-0.3, -0.25) is 4.79 Å². The van der Waals surface area contributed by atoms with Crippen molar-refractivity contribution in [2.45, 2.75) is 111 Å². The molecule has 5 rings (SSSR count). The van der Waals surface area contributed by atoms with Crippen molar-refractivity contribution in [1.29, 1.82) is 0 Å². The van der Waals surface area contributed by atoms with E-state index in [0.717, 1.165) is 25.7 Å². The topological polar surface area (TPSA) is 63.6 Å². The van der Waals surface area contributed by atoms with Gasteiger partial charge in [-0.1, -0.05) is 52.8 Å². The highest BCUT2D eigenvalue weighted by Crippen LogP contribution is 2.68. The van der Waals surface area contributed by atoms with Gasteiger partial charge < -0.3 is 9.84 Å². The fourth-order valence-corrected chi connectivity index (χ4v) is 9.83. The van der Waals surface area contributed by atoms with Crippen LogP contribution >= 0.6 is 0 Å². The predicted molar refractivity (Wildman–Crippen MR) is 150 cm³/mol. The molecule has 6 unspecified atom stereocenters. The number of aliphatic hydroxyl groups is 1. The van der Waals surface area contributed by atoms with Crippen LogP contribution in [0.25, 0.3) is 0 Å². The van der Waals surface area contributed by atoms with Gasteiger partial charge in [-0.05, 0) is 110 Å². The largest absolute Gasteiger partial charge is 0.458 e. The van der Waals surface area contributed by atoms with Crippen molar-refractivity contribution in [2.24, 2.45) is 52.3 Å². The van der Waals surface area contributed by atoms with Crippen LogP contribution in [-0.4, -0.2) is 29.1 Å². The summed E-state index contributed by atoms with van der Waals surface area (Å²) in [4.78, 5) is 25.9. The molecular weight excluding hydrogens is 472 g/mol. The maximum Gasteiger partial charge on any atom is 0.338 e. The summed E-state index contributed by atoms with van der Waals surface area (Å²) >= 11 is 0. The van der Waals surface area contributed by atoms with E-state index in [1.54, 1.807) is 0 Å². The maximum absolute atomic E-state index is 13.3. The number of rotatable bonds is 7. The minimum atomic E-state index is -0.218. The Bertz CT molecular complexity index is 1000. The Morgan fingerprint density at radius 2 is 1.71 bits per heavy atom. The number of benzene rings is 1. The molecule has 4 nitrogen and oxygen atoms in total. The number of hydrogen-bond donors (Lipinski definition) is 1. The molecule has 4 fully saturated rings. The lowest BCUT2D eigenvalue weighted by atomic mass is 9.43. The highest BCUT2D eigenvalue weighted by molar-refractivity contribution is 5.89. The predicted octanol–water partition coefficient (Wildman–Crippen LogP) is 7.48. The number of Topliss-reactive ketones (excluding diaryl/α,β-unsaturated/α-hetero) is 1. The summed E-state index contributed by atoms with van der Waals surface area (Å²) in [5.74, 6) is 3.46. The van der Waals surface area contributed by atoms with E-state index in [2.05, 4.69) is 34.6 Å². The lowest BCUT2D eigenvalue weighted by Gasteiger charge is -2.62. The van der Waals surface area contributed by atoms with Crippen LogP contribution in [0.5, 0.6) is 0 Å². The number of aliphatic hydroxyl groups excluding tert-OH is 1. The Morgan fingerprint density at radius 3 is 2.42 bits per heavy atom. The first-order valence-electron chi connectivity index (χ1n) is 15.5. The fourth-order valence-electron chi connectivity index (χ4n) is 9.83. The molecule has 10 atom stereocenters. The molecule has 0 aromatic heterocycles. The van der Waals surface area contributed by atoms with Crippen molar-refractivity contribution in [1.82, 2.24) is 0 Å². The van der Waals surface area contributed by atoms with Crippen molar-refractivity contribution < 1.29 is 19.4 Å². The number of ether oxygens (including phenoxy) is 1. The number of carbonyl (C=O) groups excluding carboxylic acids is 2. The molecule has 210 valence electrons. The zero-order valence-electron chi connectivity index (χ0n) is 24.3. The zero-order chi connectivity index (χ0) is 27.2. The van der Waals surface area contributed by atoms with Crippen molar-refractivity contribution >= 4 is 11.8 Å².